The maximum Gasteiger partial charge on any atom is 0.242 e. The lowest BCUT2D eigenvalue weighted by atomic mass is 10.2. The Hall–Kier alpha value is -1.42. The molecule has 0 aliphatic carbocycles. The number of rotatable bonds is 4. The predicted octanol–water partition coefficient (Wildman–Crippen LogP) is 0.360. The third kappa shape index (κ3) is 4.45. The van der Waals surface area contributed by atoms with Gasteiger partial charge in [-0.25, -0.2) is 13.1 Å². The molecule has 5 nitrogen and oxygen atoms in total. The highest BCUT2D eigenvalue weighted by atomic mass is 32.2. The minimum Gasteiger partial charge on any atom is -0.384 e. The van der Waals surface area contributed by atoms with E-state index in [4.69, 9.17) is 5.11 Å². The van der Waals surface area contributed by atoms with Gasteiger partial charge in [-0.3, -0.25) is 4.98 Å². The van der Waals surface area contributed by atoms with Crippen LogP contribution in [-0.2, 0) is 10.0 Å². The Morgan fingerprint density at radius 1 is 1.44 bits per heavy atom. The van der Waals surface area contributed by atoms with E-state index in [0.29, 0.717) is 12.1 Å². The second-order valence-electron chi connectivity index (χ2n) is 4.11. The van der Waals surface area contributed by atoms with Crippen molar-refractivity contribution in [1.29, 1.82) is 0 Å². The van der Waals surface area contributed by atoms with E-state index in [-0.39, 0.29) is 17.4 Å². The summed E-state index contributed by atoms with van der Waals surface area (Å²) >= 11 is 0. The first kappa shape index (κ1) is 14.6. The Bertz CT molecular complexity index is 556. The van der Waals surface area contributed by atoms with Crippen LogP contribution in [0.1, 0.15) is 19.4 Å². The van der Waals surface area contributed by atoms with E-state index < -0.39 is 10.0 Å². The highest BCUT2D eigenvalue weighted by molar-refractivity contribution is 7.89. The van der Waals surface area contributed by atoms with E-state index in [9.17, 15) is 8.42 Å². The van der Waals surface area contributed by atoms with Gasteiger partial charge in [0.25, 0.3) is 0 Å². The number of pyridine rings is 1. The van der Waals surface area contributed by atoms with Gasteiger partial charge in [0, 0.05) is 24.5 Å². The summed E-state index contributed by atoms with van der Waals surface area (Å²) in [6, 6.07) is 1.43. The van der Waals surface area contributed by atoms with Gasteiger partial charge in [0.05, 0.1) is 0 Å². The number of aromatic nitrogens is 1. The minimum atomic E-state index is -3.55. The van der Waals surface area contributed by atoms with Crippen LogP contribution < -0.4 is 4.72 Å². The summed E-state index contributed by atoms with van der Waals surface area (Å²) < 4.78 is 26.3. The van der Waals surface area contributed by atoms with Crippen molar-refractivity contribution in [2.24, 2.45) is 5.92 Å². The molecule has 1 aromatic heterocycles. The monoisotopic (exact) mass is 268 g/mol. The molecule has 18 heavy (non-hydrogen) atoms. The molecule has 6 heteroatoms. The van der Waals surface area contributed by atoms with Crippen LogP contribution in [0.5, 0.6) is 0 Å². The third-order valence-corrected chi connectivity index (χ3v) is 3.41. The number of aliphatic hydroxyl groups is 1. The van der Waals surface area contributed by atoms with Crippen LogP contribution in [-0.4, -0.2) is 31.7 Å². The maximum absolute atomic E-state index is 11.9. The number of nitrogens with zero attached hydrogens (tertiary/aromatic N) is 1. The molecule has 0 saturated heterocycles. The van der Waals surface area contributed by atoms with Gasteiger partial charge in [0.15, 0.2) is 0 Å². The molecular weight excluding hydrogens is 252 g/mol. The predicted molar refractivity (Wildman–Crippen MR) is 68.2 cm³/mol. The van der Waals surface area contributed by atoms with Gasteiger partial charge in [-0.2, -0.15) is 0 Å². The molecule has 1 aromatic rings. The molecule has 98 valence electrons. The van der Waals surface area contributed by atoms with Crippen LogP contribution in [0.3, 0.4) is 0 Å². The van der Waals surface area contributed by atoms with Crippen molar-refractivity contribution < 1.29 is 13.5 Å². The standard InChI is InChI=1S/C12H16N2O3S/c1-10(2)7-14-18(16,17)12-6-11(4-3-5-15)8-13-9-12/h6,8-10,14-15H,5,7H2,1-2H3. The molecule has 2 N–H and O–H groups in total. The molecule has 0 aromatic carbocycles. The SMILES string of the molecule is CC(C)CNS(=O)(=O)c1cncc(C#CCO)c1. The number of sulfonamides is 1. The Balaban J connectivity index is 2.95. The van der Waals surface area contributed by atoms with Crippen molar-refractivity contribution in [3.8, 4) is 11.8 Å². The van der Waals surface area contributed by atoms with Crippen LogP contribution in [0.15, 0.2) is 23.4 Å². The topological polar surface area (TPSA) is 79.3 Å². The molecule has 1 heterocycles. The van der Waals surface area contributed by atoms with Crippen LogP contribution in [0.2, 0.25) is 0 Å². The van der Waals surface area contributed by atoms with Crippen LogP contribution in [0, 0.1) is 17.8 Å². The van der Waals surface area contributed by atoms with E-state index in [0.717, 1.165) is 0 Å². The molecular formula is C12H16N2O3S. The quantitative estimate of drug-likeness (QED) is 0.773. The molecule has 0 fully saturated rings. The van der Waals surface area contributed by atoms with Crippen molar-refractivity contribution >= 4 is 10.0 Å². The summed E-state index contributed by atoms with van der Waals surface area (Å²) in [6.07, 6.45) is 2.72. The zero-order valence-electron chi connectivity index (χ0n) is 10.3. The molecule has 0 aliphatic heterocycles. The molecule has 1 rings (SSSR count). The van der Waals surface area contributed by atoms with Crippen molar-refractivity contribution in [2.75, 3.05) is 13.2 Å². The Labute approximate surface area is 107 Å². The third-order valence-electron chi connectivity index (χ3n) is 2.02. The van der Waals surface area contributed by atoms with Gasteiger partial charge in [0.2, 0.25) is 10.0 Å². The van der Waals surface area contributed by atoms with Gasteiger partial charge >= 0.3 is 0 Å². The van der Waals surface area contributed by atoms with Gasteiger partial charge in [-0.05, 0) is 12.0 Å². The fourth-order valence-corrected chi connectivity index (χ4v) is 2.34. The van der Waals surface area contributed by atoms with E-state index in [1.54, 1.807) is 0 Å². The Kier molecular flexibility index (Phi) is 5.28. The summed E-state index contributed by atoms with van der Waals surface area (Å²) in [7, 11) is -3.55. The molecule has 0 unspecified atom stereocenters. The number of hydrogen-bond acceptors (Lipinski definition) is 4. The summed E-state index contributed by atoms with van der Waals surface area (Å²) in [5, 5.41) is 8.58. The highest BCUT2D eigenvalue weighted by Gasteiger charge is 2.14. The lowest BCUT2D eigenvalue weighted by Gasteiger charge is -2.08. The maximum atomic E-state index is 11.9. The molecule has 0 spiro atoms. The number of aliphatic hydroxyl groups excluding tert-OH is 1. The van der Waals surface area contributed by atoms with Gasteiger partial charge in [-0.1, -0.05) is 25.7 Å². The normalized spacial score (nSPS) is 11.1. The van der Waals surface area contributed by atoms with Crippen molar-refractivity contribution in [2.45, 2.75) is 18.7 Å². The molecule has 0 saturated carbocycles. The highest BCUT2D eigenvalue weighted by Crippen LogP contribution is 2.09. The first-order valence-corrected chi connectivity index (χ1v) is 6.98. The first-order chi connectivity index (χ1) is 8.45. The fraction of sp³-hybridized carbons (Fsp3) is 0.417. The molecule has 0 atom stereocenters. The van der Waals surface area contributed by atoms with Crippen LogP contribution in [0.4, 0.5) is 0 Å². The van der Waals surface area contributed by atoms with Gasteiger partial charge in [0.1, 0.15) is 11.5 Å². The van der Waals surface area contributed by atoms with Crippen LogP contribution in [0.25, 0.3) is 0 Å². The Morgan fingerprint density at radius 2 is 2.17 bits per heavy atom. The van der Waals surface area contributed by atoms with Crippen LogP contribution >= 0.6 is 0 Å². The summed E-state index contributed by atoms with van der Waals surface area (Å²) in [5.41, 5.74) is 0.455. The first-order valence-electron chi connectivity index (χ1n) is 5.50. The molecule has 0 bridgehead atoms. The smallest absolute Gasteiger partial charge is 0.242 e. The summed E-state index contributed by atoms with van der Waals surface area (Å²) in [6.45, 7) is 3.94. The lowest BCUT2D eigenvalue weighted by molar-refractivity contribution is 0.350. The molecule has 0 amide bonds. The van der Waals surface area contributed by atoms with Crippen molar-refractivity contribution in [3.63, 3.8) is 0 Å². The van der Waals surface area contributed by atoms with E-state index in [1.165, 1.54) is 18.5 Å². The van der Waals surface area contributed by atoms with Gasteiger partial charge in [-0.15, -0.1) is 0 Å². The molecule has 0 aliphatic rings. The van der Waals surface area contributed by atoms with Crippen molar-refractivity contribution in [3.05, 3.63) is 24.0 Å². The second kappa shape index (κ2) is 6.50. The zero-order valence-corrected chi connectivity index (χ0v) is 11.2. The summed E-state index contributed by atoms with van der Waals surface area (Å²) in [5.74, 6) is 5.29. The van der Waals surface area contributed by atoms with Gasteiger partial charge < -0.3 is 5.11 Å². The second-order valence-corrected chi connectivity index (χ2v) is 5.88. The fourth-order valence-electron chi connectivity index (χ4n) is 1.14. The zero-order chi connectivity index (χ0) is 13.6. The minimum absolute atomic E-state index is 0.0767. The number of hydrogen-bond donors (Lipinski definition) is 2. The number of nitrogens with one attached hydrogen (secondary N) is 1. The van der Waals surface area contributed by atoms with E-state index in [1.807, 2.05) is 13.8 Å². The average molecular weight is 268 g/mol. The largest absolute Gasteiger partial charge is 0.384 e. The van der Waals surface area contributed by atoms with E-state index in [2.05, 4.69) is 21.5 Å². The summed E-state index contributed by atoms with van der Waals surface area (Å²) in [4.78, 5) is 3.90. The van der Waals surface area contributed by atoms with Crippen molar-refractivity contribution in [1.82, 2.24) is 9.71 Å². The molecule has 0 radical (unpaired) electrons. The van der Waals surface area contributed by atoms with E-state index >= 15 is 0 Å². The lowest BCUT2D eigenvalue weighted by Crippen LogP contribution is -2.27. The average Bonchev–Trinajstić information content (AvgIpc) is 2.34. The Morgan fingerprint density at radius 3 is 2.78 bits per heavy atom.